The van der Waals surface area contributed by atoms with Crippen LogP contribution in [0.1, 0.15) is 16.7 Å². The van der Waals surface area contributed by atoms with Gasteiger partial charge in [0, 0.05) is 5.56 Å². The summed E-state index contributed by atoms with van der Waals surface area (Å²) < 4.78 is 42.9. The topological polar surface area (TPSA) is 63.6 Å². The summed E-state index contributed by atoms with van der Waals surface area (Å²) in [7, 11) is -2.05. The van der Waals surface area contributed by atoms with E-state index >= 15 is 0 Å². The summed E-state index contributed by atoms with van der Waals surface area (Å²) in [6, 6.07) is 10.5. The van der Waals surface area contributed by atoms with E-state index in [4.69, 9.17) is 9.84 Å². The van der Waals surface area contributed by atoms with Crippen LogP contribution in [0.2, 0.25) is 0 Å². The van der Waals surface area contributed by atoms with Crippen LogP contribution in [0.15, 0.2) is 42.5 Å². The van der Waals surface area contributed by atoms with Gasteiger partial charge in [-0.1, -0.05) is 24.3 Å². The Morgan fingerprint density at radius 1 is 1.05 bits per heavy atom. The lowest BCUT2D eigenvalue weighted by Crippen LogP contribution is -2.09. The molecule has 2 aromatic carbocycles. The molecule has 0 aliphatic rings. The number of aliphatic hydroxyl groups is 1. The Morgan fingerprint density at radius 2 is 1.68 bits per heavy atom. The highest BCUT2D eigenvalue weighted by Crippen LogP contribution is 2.23. The second-order valence-corrected chi connectivity index (χ2v) is 7.03. The minimum Gasteiger partial charge on any atom is -0.496 e. The van der Waals surface area contributed by atoms with Crippen molar-refractivity contribution in [2.45, 2.75) is 18.1 Å². The molecule has 4 nitrogen and oxygen atoms in total. The maximum Gasteiger partial charge on any atom is 0.158 e. The van der Waals surface area contributed by atoms with Gasteiger partial charge in [0.15, 0.2) is 9.84 Å². The molecule has 0 radical (unpaired) electrons. The van der Waals surface area contributed by atoms with Gasteiger partial charge in [-0.15, -0.1) is 0 Å². The Labute approximate surface area is 129 Å². The number of hydrogen-bond acceptors (Lipinski definition) is 4. The molecule has 0 bridgehead atoms. The summed E-state index contributed by atoms with van der Waals surface area (Å²) in [4.78, 5) is 0. The minimum absolute atomic E-state index is 0.0898. The van der Waals surface area contributed by atoms with Gasteiger partial charge in [-0.25, -0.2) is 12.8 Å². The van der Waals surface area contributed by atoms with E-state index in [1.807, 2.05) is 0 Å². The number of methoxy groups -OCH3 is 1. The molecule has 0 saturated heterocycles. The summed E-state index contributed by atoms with van der Waals surface area (Å²) in [6.07, 6.45) is 0. The van der Waals surface area contributed by atoms with Crippen molar-refractivity contribution in [3.05, 3.63) is 65.0 Å². The number of halogens is 1. The number of benzene rings is 2. The van der Waals surface area contributed by atoms with Gasteiger partial charge >= 0.3 is 0 Å². The van der Waals surface area contributed by atoms with Crippen LogP contribution in [0.3, 0.4) is 0 Å². The SMILES string of the molecule is COc1ccc(F)cc1CS(=O)(=O)Cc1ccc(CO)cc1. The summed E-state index contributed by atoms with van der Waals surface area (Å²) >= 11 is 0. The van der Waals surface area contributed by atoms with Gasteiger partial charge in [0.2, 0.25) is 0 Å². The zero-order valence-electron chi connectivity index (χ0n) is 12.1. The molecule has 0 aliphatic heterocycles. The number of ether oxygens (including phenoxy) is 1. The van der Waals surface area contributed by atoms with Crippen LogP contribution < -0.4 is 4.74 Å². The van der Waals surface area contributed by atoms with Gasteiger partial charge in [0.25, 0.3) is 0 Å². The molecule has 0 saturated carbocycles. The third-order valence-corrected chi connectivity index (χ3v) is 4.73. The third-order valence-electron chi connectivity index (χ3n) is 3.21. The summed E-state index contributed by atoms with van der Waals surface area (Å²) in [6.45, 7) is -0.0898. The maximum atomic E-state index is 13.3. The van der Waals surface area contributed by atoms with E-state index in [0.29, 0.717) is 22.4 Å². The number of hydrogen-bond donors (Lipinski definition) is 1. The molecule has 0 aromatic heterocycles. The molecule has 0 aliphatic carbocycles. The van der Waals surface area contributed by atoms with Crippen molar-refractivity contribution in [3.8, 4) is 5.75 Å². The molecular weight excluding hydrogens is 307 g/mol. The molecule has 0 amide bonds. The first kappa shape index (κ1) is 16.5. The highest BCUT2D eigenvalue weighted by atomic mass is 32.2. The molecular formula is C16H17FO4S. The van der Waals surface area contributed by atoms with E-state index in [-0.39, 0.29) is 18.1 Å². The highest BCUT2D eigenvalue weighted by Gasteiger charge is 2.17. The van der Waals surface area contributed by atoms with Gasteiger partial charge in [-0.3, -0.25) is 0 Å². The van der Waals surface area contributed by atoms with E-state index in [2.05, 4.69) is 0 Å². The third kappa shape index (κ3) is 4.29. The molecule has 22 heavy (non-hydrogen) atoms. The van der Waals surface area contributed by atoms with Crippen molar-refractivity contribution in [2.75, 3.05) is 7.11 Å². The normalized spacial score (nSPS) is 11.4. The van der Waals surface area contributed by atoms with Gasteiger partial charge in [-0.2, -0.15) is 0 Å². The van der Waals surface area contributed by atoms with Crippen molar-refractivity contribution in [1.29, 1.82) is 0 Å². The largest absolute Gasteiger partial charge is 0.496 e. The molecule has 0 unspecified atom stereocenters. The van der Waals surface area contributed by atoms with Crippen LogP contribution in [0, 0.1) is 5.82 Å². The Balaban J connectivity index is 2.18. The molecule has 118 valence electrons. The zero-order valence-corrected chi connectivity index (χ0v) is 12.9. The predicted octanol–water partition coefficient (Wildman–Crippen LogP) is 2.44. The number of aliphatic hydroxyl groups excluding tert-OH is 1. The first-order valence-corrected chi connectivity index (χ1v) is 8.47. The smallest absolute Gasteiger partial charge is 0.158 e. The Hall–Kier alpha value is -1.92. The van der Waals surface area contributed by atoms with Crippen LogP contribution in [0.25, 0.3) is 0 Å². The molecule has 0 atom stereocenters. The second kappa shape index (κ2) is 6.89. The minimum atomic E-state index is -3.47. The van der Waals surface area contributed by atoms with Crippen molar-refractivity contribution >= 4 is 9.84 Å². The first-order chi connectivity index (χ1) is 10.4. The summed E-state index contributed by atoms with van der Waals surface area (Å²) in [5, 5.41) is 8.97. The summed E-state index contributed by atoms with van der Waals surface area (Å²) in [5.74, 6) is -0.604. The molecule has 0 heterocycles. The van der Waals surface area contributed by atoms with Crippen LogP contribution in [-0.2, 0) is 27.9 Å². The van der Waals surface area contributed by atoms with Crippen molar-refractivity contribution in [3.63, 3.8) is 0 Å². The Morgan fingerprint density at radius 3 is 2.27 bits per heavy atom. The van der Waals surface area contributed by atoms with Crippen molar-refractivity contribution in [2.24, 2.45) is 0 Å². The van der Waals surface area contributed by atoms with Gasteiger partial charge in [-0.05, 0) is 29.3 Å². The predicted molar refractivity (Wildman–Crippen MR) is 81.6 cm³/mol. The van der Waals surface area contributed by atoms with E-state index in [9.17, 15) is 12.8 Å². The maximum absolute atomic E-state index is 13.3. The van der Waals surface area contributed by atoms with Gasteiger partial charge in [0.05, 0.1) is 25.2 Å². The molecule has 1 N–H and O–H groups in total. The van der Waals surface area contributed by atoms with Crippen molar-refractivity contribution in [1.82, 2.24) is 0 Å². The number of rotatable bonds is 6. The fraction of sp³-hybridized carbons (Fsp3) is 0.250. The molecule has 2 rings (SSSR count). The zero-order chi connectivity index (χ0) is 16.2. The average Bonchev–Trinajstić information content (AvgIpc) is 2.47. The van der Waals surface area contributed by atoms with Crippen LogP contribution in [0.5, 0.6) is 5.75 Å². The average molecular weight is 324 g/mol. The molecule has 2 aromatic rings. The monoisotopic (exact) mass is 324 g/mol. The van der Waals surface area contributed by atoms with Crippen LogP contribution in [-0.4, -0.2) is 20.6 Å². The molecule has 0 spiro atoms. The second-order valence-electron chi connectivity index (χ2n) is 4.96. The molecule has 0 fully saturated rings. The Kier molecular flexibility index (Phi) is 5.15. The van der Waals surface area contributed by atoms with E-state index in [1.54, 1.807) is 24.3 Å². The summed E-state index contributed by atoms with van der Waals surface area (Å²) in [5.41, 5.74) is 1.63. The van der Waals surface area contributed by atoms with Crippen LogP contribution >= 0.6 is 0 Å². The highest BCUT2D eigenvalue weighted by molar-refractivity contribution is 7.89. The fourth-order valence-electron chi connectivity index (χ4n) is 2.14. The standard InChI is InChI=1S/C16H17FO4S/c1-21-16-7-6-15(17)8-14(16)11-22(19,20)10-13-4-2-12(9-18)3-5-13/h2-8,18H,9-11H2,1H3. The Bertz CT molecular complexity index is 739. The van der Waals surface area contributed by atoms with Gasteiger partial charge < -0.3 is 9.84 Å². The number of sulfone groups is 1. The fourth-order valence-corrected chi connectivity index (χ4v) is 3.64. The first-order valence-electron chi connectivity index (χ1n) is 6.65. The lowest BCUT2D eigenvalue weighted by molar-refractivity contribution is 0.282. The van der Waals surface area contributed by atoms with Crippen LogP contribution in [0.4, 0.5) is 4.39 Å². The van der Waals surface area contributed by atoms with E-state index in [0.717, 1.165) is 0 Å². The quantitative estimate of drug-likeness (QED) is 0.886. The van der Waals surface area contributed by atoms with E-state index < -0.39 is 15.7 Å². The molecule has 6 heteroatoms. The van der Waals surface area contributed by atoms with Crippen molar-refractivity contribution < 1.29 is 22.7 Å². The lowest BCUT2D eigenvalue weighted by Gasteiger charge is -2.10. The van der Waals surface area contributed by atoms with E-state index in [1.165, 1.54) is 25.3 Å². The van der Waals surface area contributed by atoms with Gasteiger partial charge in [0.1, 0.15) is 11.6 Å². The lowest BCUT2D eigenvalue weighted by atomic mass is 10.2.